The molecule has 1 saturated heterocycles. The van der Waals surface area contributed by atoms with Crippen LogP contribution < -0.4 is 0 Å². The zero-order valence-electron chi connectivity index (χ0n) is 7.13. The number of likely N-dealkylation sites (tertiary alicyclic amines) is 1. The van der Waals surface area contributed by atoms with E-state index in [9.17, 15) is 4.79 Å². The van der Waals surface area contributed by atoms with E-state index in [2.05, 4.69) is 0 Å². The summed E-state index contributed by atoms with van der Waals surface area (Å²) in [5.41, 5.74) is 0. The van der Waals surface area contributed by atoms with E-state index >= 15 is 0 Å². The molecule has 1 fully saturated rings. The topological polar surface area (TPSA) is 20.3 Å². The monoisotopic (exact) mass is 187 g/mol. The molecule has 0 aliphatic carbocycles. The number of piperidine rings is 1. The Labute approximate surface area is 78.2 Å². The van der Waals surface area contributed by atoms with E-state index in [4.69, 9.17) is 11.6 Å². The van der Waals surface area contributed by atoms with Gasteiger partial charge in [0.25, 0.3) is 0 Å². The fourth-order valence-corrected chi connectivity index (χ4v) is 1.45. The maximum Gasteiger partial charge on any atom is 0.246 e. The lowest BCUT2D eigenvalue weighted by molar-refractivity contribution is -0.126. The second kappa shape index (κ2) is 5.20. The molecule has 0 radical (unpaired) electrons. The van der Waals surface area contributed by atoms with Gasteiger partial charge in [-0.25, -0.2) is 0 Å². The Balaban J connectivity index is 2.34. The van der Waals surface area contributed by atoms with Crippen LogP contribution in [0.1, 0.15) is 19.3 Å². The van der Waals surface area contributed by atoms with E-state index in [0.717, 1.165) is 25.9 Å². The maximum absolute atomic E-state index is 11.3. The smallest absolute Gasteiger partial charge is 0.246 e. The number of carbonyl (C=O) groups is 1. The number of hydrogen-bond donors (Lipinski definition) is 0. The standard InChI is InChI=1S/C9H14ClNO/c10-6-4-5-9(12)11-7-2-1-3-8-11/h4-5H,1-3,6-8H2/b5-4+. The predicted octanol–water partition coefficient (Wildman–Crippen LogP) is 1.79. The van der Waals surface area contributed by atoms with E-state index < -0.39 is 0 Å². The minimum atomic E-state index is 0.107. The molecule has 0 aromatic heterocycles. The van der Waals surface area contributed by atoms with Gasteiger partial charge in [-0.2, -0.15) is 0 Å². The molecule has 0 atom stereocenters. The summed E-state index contributed by atoms with van der Waals surface area (Å²) in [6.07, 6.45) is 6.79. The minimum Gasteiger partial charge on any atom is -0.339 e. The normalized spacial score (nSPS) is 18.6. The quantitative estimate of drug-likeness (QED) is 0.477. The Morgan fingerprint density at radius 1 is 1.33 bits per heavy atom. The summed E-state index contributed by atoms with van der Waals surface area (Å²) in [5.74, 6) is 0.523. The van der Waals surface area contributed by atoms with Crippen molar-refractivity contribution in [1.82, 2.24) is 4.90 Å². The highest BCUT2D eigenvalue weighted by atomic mass is 35.5. The second-order valence-corrected chi connectivity index (χ2v) is 3.25. The lowest BCUT2D eigenvalue weighted by Gasteiger charge is -2.25. The Bertz CT molecular complexity index is 173. The summed E-state index contributed by atoms with van der Waals surface area (Å²) in [6, 6.07) is 0. The molecule has 0 N–H and O–H groups in total. The molecular formula is C9H14ClNO. The summed E-state index contributed by atoms with van der Waals surface area (Å²) >= 11 is 5.43. The van der Waals surface area contributed by atoms with Crippen molar-refractivity contribution >= 4 is 17.5 Å². The van der Waals surface area contributed by atoms with Crippen molar-refractivity contribution in [3.63, 3.8) is 0 Å². The molecule has 3 heteroatoms. The van der Waals surface area contributed by atoms with Gasteiger partial charge in [-0.05, 0) is 19.3 Å². The molecule has 12 heavy (non-hydrogen) atoms. The van der Waals surface area contributed by atoms with Gasteiger partial charge in [0.05, 0.1) is 0 Å². The van der Waals surface area contributed by atoms with Gasteiger partial charge in [-0.15, -0.1) is 11.6 Å². The first-order valence-corrected chi connectivity index (χ1v) is 4.89. The van der Waals surface area contributed by atoms with Gasteiger partial charge in [0.15, 0.2) is 0 Å². The van der Waals surface area contributed by atoms with Crippen molar-refractivity contribution in [3.8, 4) is 0 Å². The number of rotatable bonds is 2. The number of allylic oxidation sites excluding steroid dienone is 1. The molecule has 1 amide bonds. The first-order valence-electron chi connectivity index (χ1n) is 4.36. The minimum absolute atomic E-state index is 0.107. The highest BCUT2D eigenvalue weighted by Crippen LogP contribution is 2.08. The predicted molar refractivity (Wildman–Crippen MR) is 50.3 cm³/mol. The SMILES string of the molecule is O=C(/C=C/CCl)N1CCCCC1. The van der Waals surface area contributed by atoms with Gasteiger partial charge >= 0.3 is 0 Å². The Hall–Kier alpha value is -0.500. The van der Waals surface area contributed by atoms with Crippen LogP contribution in [0.4, 0.5) is 0 Å². The number of halogens is 1. The van der Waals surface area contributed by atoms with Gasteiger partial charge in [-0.3, -0.25) is 4.79 Å². The summed E-state index contributed by atoms with van der Waals surface area (Å²) in [4.78, 5) is 13.2. The van der Waals surface area contributed by atoms with Crippen LogP contribution in [0.25, 0.3) is 0 Å². The van der Waals surface area contributed by atoms with E-state index in [-0.39, 0.29) is 5.91 Å². The van der Waals surface area contributed by atoms with Gasteiger partial charge in [0.2, 0.25) is 5.91 Å². The van der Waals surface area contributed by atoms with Gasteiger partial charge in [-0.1, -0.05) is 6.08 Å². The molecule has 1 aliphatic rings. The molecule has 0 aromatic rings. The van der Waals surface area contributed by atoms with Crippen molar-refractivity contribution in [1.29, 1.82) is 0 Å². The second-order valence-electron chi connectivity index (χ2n) is 2.94. The third-order valence-electron chi connectivity index (χ3n) is 2.02. The van der Waals surface area contributed by atoms with Gasteiger partial charge in [0, 0.05) is 25.0 Å². The molecule has 68 valence electrons. The molecule has 0 aromatic carbocycles. The number of alkyl halides is 1. The summed E-state index contributed by atoms with van der Waals surface area (Å²) in [5, 5.41) is 0. The van der Waals surface area contributed by atoms with Crippen LogP contribution in [0.3, 0.4) is 0 Å². The first kappa shape index (κ1) is 9.59. The molecule has 2 nitrogen and oxygen atoms in total. The van der Waals surface area contributed by atoms with Crippen molar-refractivity contribution in [2.45, 2.75) is 19.3 Å². The molecule has 0 unspecified atom stereocenters. The first-order chi connectivity index (χ1) is 5.84. The average Bonchev–Trinajstić information content (AvgIpc) is 2.15. The Kier molecular flexibility index (Phi) is 4.15. The summed E-state index contributed by atoms with van der Waals surface area (Å²) in [6.45, 7) is 1.82. The number of nitrogens with zero attached hydrogens (tertiary/aromatic N) is 1. The largest absolute Gasteiger partial charge is 0.339 e. The Morgan fingerprint density at radius 2 is 2.00 bits per heavy atom. The van der Waals surface area contributed by atoms with E-state index in [0.29, 0.717) is 5.88 Å². The summed E-state index contributed by atoms with van der Waals surface area (Å²) in [7, 11) is 0. The molecule has 0 spiro atoms. The van der Waals surface area contributed by atoms with Crippen molar-refractivity contribution < 1.29 is 4.79 Å². The van der Waals surface area contributed by atoms with E-state index in [1.165, 1.54) is 6.42 Å². The molecule has 1 aliphatic heterocycles. The zero-order chi connectivity index (χ0) is 8.81. The van der Waals surface area contributed by atoms with Crippen LogP contribution in [-0.4, -0.2) is 29.8 Å². The average molecular weight is 188 g/mol. The van der Waals surface area contributed by atoms with Crippen LogP contribution in [0.2, 0.25) is 0 Å². The third-order valence-corrected chi connectivity index (χ3v) is 2.20. The van der Waals surface area contributed by atoms with Crippen LogP contribution in [0, 0.1) is 0 Å². The highest BCUT2D eigenvalue weighted by Gasteiger charge is 2.12. The lowest BCUT2D eigenvalue weighted by atomic mass is 10.1. The molecular weight excluding hydrogens is 174 g/mol. The van der Waals surface area contributed by atoms with E-state index in [1.54, 1.807) is 12.2 Å². The number of hydrogen-bond acceptors (Lipinski definition) is 1. The lowest BCUT2D eigenvalue weighted by Crippen LogP contribution is -2.34. The number of carbonyl (C=O) groups excluding carboxylic acids is 1. The molecule has 0 saturated carbocycles. The van der Waals surface area contributed by atoms with E-state index in [1.807, 2.05) is 4.90 Å². The number of amides is 1. The third kappa shape index (κ3) is 2.86. The fraction of sp³-hybridized carbons (Fsp3) is 0.667. The van der Waals surface area contributed by atoms with Crippen molar-refractivity contribution in [3.05, 3.63) is 12.2 Å². The van der Waals surface area contributed by atoms with Crippen LogP contribution in [0.15, 0.2) is 12.2 Å². The van der Waals surface area contributed by atoms with Gasteiger partial charge in [0.1, 0.15) is 0 Å². The molecule has 1 heterocycles. The maximum atomic E-state index is 11.3. The highest BCUT2D eigenvalue weighted by molar-refractivity contribution is 6.19. The van der Waals surface area contributed by atoms with Crippen molar-refractivity contribution in [2.75, 3.05) is 19.0 Å². The van der Waals surface area contributed by atoms with Gasteiger partial charge < -0.3 is 4.90 Å². The van der Waals surface area contributed by atoms with Crippen LogP contribution >= 0.6 is 11.6 Å². The van der Waals surface area contributed by atoms with Crippen LogP contribution in [0.5, 0.6) is 0 Å². The fourth-order valence-electron chi connectivity index (χ4n) is 1.37. The zero-order valence-corrected chi connectivity index (χ0v) is 7.89. The molecule has 1 rings (SSSR count). The molecule has 0 bridgehead atoms. The van der Waals surface area contributed by atoms with Crippen LogP contribution in [-0.2, 0) is 4.79 Å². The summed E-state index contributed by atoms with van der Waals surface area (Å²) < 4.78 is 0. The Morgan fingerprint density at radius 3 is 2.58 bits per heavy atom. The van der Waals surface area contributed by atoms with Crippen molar-refractivity contribution in [2.24, 2.45) is 0 Å².